The summed E-state index contributed by atoms with van der Waals surface area (Å²) in [6.07, 6.45) is 2.48. The number of fused-ring (bicyclic) bond motifs is 4. The van der Waals surface area contributed by atoms with Gasteiger partial charge >= 0.3 is 0 Å². The van der Waals surface area contributed by atoms with Crippen molar-refractivity contribution in [2.24, 2.45) is 5.92 Å². The Balaban J connectivity index is 2.04. The largest absolute Gasteiger partial charge is 0.497 e. The first-order valence-electron chi connectivity index (χ1n) is 6.18. The van der Waals surface area contributed by atoms with E-state index in [1.54, 1.807) is 7.11 Å². The first-order valence-corrected chi connectivity index (χ1v) is 6.18. The van der Waals surface area contributed by atoms with Crippen LogP contribution in [-0.4, -0.2) is 19.7 Å². The monoisotopic (exact) mass is 217 g/mol. The molecule has 1 fully saturated rings. The van der Waals surface area contributed by atoms with Crippen LogP contribution in [0.3, 0.4) is 0 Å². The molecule has 3 rings (SSSR count). The molecule has 0 saturated carbocycles. The Kier molecular flexibility index (Phi) is 2.40. The van der Waals surface area contributed by atoms with Crippen molar-refractivity contribution in [3.63, 3.8) is 0 Å². The van der Waals surface area contributed by atoms with Crippen molar-refractivity contribution in [1.82, 2.24) is 5.32 Å². The predicted molar refractivity (Wildman–Crippen MR) is 65.0 cm³/mol. The second-order valence-electron chi connectivity index (χ2n) is 5.19. The van der Waals surface area contributed by atoms with E-state index in [2.05, 4.69) is 30.4 Å². The average Bonchev–Trinajstić information content (AvgIpc) is 2.33. The summed E-state index contributed by atoms with van der Waals surface area (Å²) < 4.78 is 5.34. The summed E-state index contributed by atoms with van der Waals surface area (Å²) in [5.74, 6) is 2.47. The van der Waals surface area contributed by atoms with Crippen molar-refractivity contribution in [1.29, 1.82) is 0 Å². The Hall–Kier alpha value is -1.02. The van der Waals surface area contributed by atoms with Crippen LogP contribution >= 0.6 is 0 Å². The number of benzene rings is 1. The van der Waals surface area contributed by atoms with Gasteiger partial charge in [0.25, 0.3) is 0 Å². The van der Waals surface area contributed by atoms with Crippen LogP contribution < -0.4 is 10.1 Å². The van der Waals surface area contributed by atoms with Crippen LogP contribution in [0.1, 0.15) is 30.4 Å². The van der Waals surface area contributed by atoms with Gasteiger partial charge in [0.15, 0.2) is 0 Å². The lowest BCUT2D eigenvalue weighted by atomic mass is 9.72. The molecule has 1 heterocycles. The van der Waals surface area contributed by atoms with E-state index in [-0.39, 0.29) is 0 Å². The summed E-state index contributed by atoms with van der Waals surface area (Å²) in [5, 5.41) is 3.64. The van der Waals surface area contributed by atoms with Gasteiger partial charge in [-0.3, -0.25) is 0 Å². The minimum Gasteiger partial charge on any atom is -0.497 e. The highest BCUT2D eigenvalue weighted by atomic mass is 16.5. The van der Waals surface area contributed by atoms with Crippen molar-refractivity contribution in [2.75, 3.05) is 13.7 Å². The van der Waals surface area contributed by atoms with Gasteiger partial charge in [-0.25, -0.2) is 0 Å². The predicted octanol–water partition coefficient (Wildman–Crippen LogP) is 2.33. The van der Waals surface area contributed by atoms with Crippen LogP contribution in [0, 0.1) is 5.92 Å². The molecule has 1 aromatic carbocycles. The third-order valence-electron chi connectivity index (χ3n) is 4.17. The van der Waals surface area contributed by atoms with Crippen molar-refractivity contribution in [2.45, 2.75) is 31.7 Å². The molecule has 3 atom stereocenters. The molecular formula is C14H19NO. The molecule has 16 heavy (non-hydrogen) atoms. The minimum absolute atomic E-state index is 0.696. The fourth-order valence-electron chi connectivity index (χ4n) is 3.20. The SMILES string of the molecule is COc1ccc2c(c1)[C@@H]1C[C@H](C2)NC[C@H]1C. The highest BCUT2D eigenvalue weighted by Gasteiger charge is 2.34. The van der Waals surface area contributed by atoms with Crippen molar-refractivity contribution >= 4 is 0 Å². The smallest absolute Gasteiger partial charge is 0.119 e. The molecule has 1 aromatic rings. The standard InChI is InChI=1S/C14H19NO/c1-9-8-15-11-5-10-3-4-12(16-2)7-14(10)13(9)6-11/h3-4,7,9,11,13,15H,5-6,8H2,1-2H3/t9-,11+,13-/m1/s1. The Morgan fingerprint density at radius 2 is 2.25 bits per heavy atom. The lowest BCUT2D eigenvalue weighted by Crippen LogP contribution is -2.46. The molecule has 1 aliphatic carbocycles. The van der Waals surface area contributed by atoms with E-state index in [9.17, 15) is 0 Å². The molecule has 2 bridgehead atoms. The molecule has 0 unspecified atom stereocenters. The van der Waals surface area contributed by atoms with Gasteiger partial charge in [0, 0.05) is 6.04 Å². The number of hydrogen-bond donors (Lipinski definition) is 1. The molecule has 0 amide bonds. The molecule has 0 spiro atoms. The lowest BCUT2D eigenvalue weighted by molar-refractivity contribution is 0.265. The average molecular weight is 217 g/mol. The zero-order valence-corrected chi connectivity index (χ0v) is 9.99. The third kappa shape index (κ3) is 1.52. The summed E-state index contributed by atoms with van der Waals surface area (Å²) in [7, 11) is 1.75. The van der Waals surface area contributed by atoms with Gasteiger partial charge in [0.2, 0.25) is 0 Å². The molecule has 2 heteroatoms. The summed E-state index contributed by atoms with van der Waals surface area (Å²) in [4.78, 5) is 0. The number of rotatable bonds is 1. The first-order chi connectivity index (χ1) is 7.78. The van der Waals surface area contributed by atoms with Crippen LogP contribution in [0.5, 0.6) is 5.75 Å². The van der Waals surface area contributed by atoms with E-state index in [1.165, 1.54) is 24.0 Å². The molecule has 1 N–H and O–H groups in total. The maximum Gasteiger partial charge on any atom is 0.119 e. The Morgan fingerprint density at radius 1 is 1.38 bits per heavy atom. The fraction of sp³-hybridized carbons (Fsp3) is 0.571. The second kappa shape index (κ2) is 3.77. The molecular weight excluding hydrogens is 198 g/mol. The van der Waals surface area contributed by atoms with Crippen LogP contribution in [-0.2, 0) is 6.42 Å². The molecule has 0 radical (unpaired) electrons. The Labute approximate surface area is 97.0 Å². The summed E-state index contributed by atoms with van der Waals surface area (Å²) in [5.41, 5.74) is 3.05. The highest BCUT2D eigenvalue weighted by molar-refractivity contribution is 5.41. The molecule has 1 saturated heterocycles. The fourth-order valence-corrected chi connectivity index (χ4v) is 3.20. The van der Waals surface area contributed by atoms with Gasteiger partial charge < -0.3 is 10.1 Å². The molecule has 1 aliphatic heterocycles. The second-order valence-corrected chi connectivity index (χ2v) is 5.19. The zero-order valence-electron chi connectivity index (χ0n) is 9.99. The molecule has 2 nitrogen and oxygen atoms in total. The maximum atomic E-state index is 5.34. The minimum atomic E-state index is 0.696. The van der Waals surface area contributed by atoms with Gasteiger partial charge in [0.05, 0.1) is 7.11 Å². The molecule has 2 aliphatic rings. The summed E-state index contributed by atoms with van der Waals surface area (Å²) >= 11 is 0. The first kappa shape index (κ1) is 10.2. The van der Waals surface area contributed by atoms with Gasteiger partial charge in [0.1, 0.15) is 5.75 Å². The topological polar surface area (TPSA) is 21.3 Å². The zero-order chi connectivity index (χ0) is 11.1. The normalized spacial score (nSPS) is 32.0. The number of methoxy groups -OCH3 is 1. The van der Waals surface area contributed by atoms with E-state index in [0.717, 1.165) is 24.1 Å². The van der Waals surface area contributed by atoms with E-state index < -0.39 is 0 Å². The summed E-state index contributed by atoms with van der Waals surface area (Å²) in [6, 6.07) is 7.28. The van der Waals surface area contributed by atoms with E-state index in [1.807, 2.05) is 0 Å². The maximum absolute atomic E-state index is 5.34. The van der Waals surface area contributed by atoms with Crippen molar-refractivity contribution < 1.29 is 4.74 Å². The van der Waals surface area contributed by atoms with Gasteiger partial charge in [-0.05, 0) is 54.5 Å². The Bertz CT molecular complexity index is 402. The highest BCUT2D eigenvalue weighted by Crippen LogP contribution is 2.40. The van der Waals surface area contributed by atoms with Crippen molar-refractivity contribution in [3.8, 4) is 5.75 Å². The third-order valence-corrected chi connectivity index (χ3v) is 4.17. The van der Waals surface area contributed by atoms with Crippen LogP contribution in [0.4, 0.5) is 0 Å². The van der Waals surface area contributed by atoms with Gasteiger partial charge in [-0.15, -0.1) is 0 Å². The number of ether oxygens (including phenoxy) is 1. The number of piperidine rings is 1. The van der Waals surface area contributed by atoms with Gasteiger partial charge in [-0.1, -0.05) is 13.0 Å². The number of nitrogens with one attached hydrogen (secondary N) is 1. The van der Waals surface area contributed by atoms with E-state index in [0.29, 0.717) is 6.04 Å². The summed E-state index contributed by atoms with van der Waals surface area (Å²) in [6.45, 7) is 3.51. The van der Waals surface area contributed by atoms with Crippen LogP contribution in [0.25, 0.3) is 0 Å². The van der Waals surface area contributed by atoms with E-state index in [4.69, 9.17) is 4.74 Å². The van der Waals surface area contributed by atoms with Gasteiger partial charge in [-0.2, -0.15) is 0 Å². The quantitative estimate of drug-likeness (QED) is 0.779. The van der Waals surface area contributed by atoms with Crippen molar-refractivity contribution in [3.05, 3.63) is 29.3 Å². The van der Waals surface area contributed by atoms with Crippen LogP contribution in [0.15, 0.2) is 18.2 Å². The molecule has 86 valence electrons. The molecule has 0 aromatic heterocycles. The van der Waals surface area contributed by atoms with E-state index >= 15 is 0 Å². The van der Waals surface area contributed by atoms with Crippen LogP contribution in [0.2, 0.25) is 0 Å². The lowest BCUT2D eigenvalue weighted by Gasteiger charge is -2.41. The number of hydrogen-bond acceptors (Lipinski definition) is 2. The Morgan fingerprint density at radius 3 is 3.06 bits per heavy atom.